The first kappa shape index (κ1) is 31.4. The monoisotopic (exact) mass is 605 g/mol. The maximum Gasteiger partial charge on any atom is 0.242 e. The van der Waals surface area contributed by atoms with Crippen LogP contribution in [0.25, 0.3) is 0 Å². The summed E-state index contributed by atoms with van der Waals surface area (Å²) in [5.74, 6) is 0.144. The van der Waals surface area contributed by atoms with Gasteiger partial charge < -0.3 is 15.0 Å². The third-order valence-electron chi connectivity index (χ3n) is 6.34. The van der Waals surface area contributed by atoms with Crippen molar-refractivity contribution in [2.24, 2.45) is 0 Å². The Morgan fingerprint density at radius 3 is 2.23 bits per heavy atom. The molecule has 0 aliphatic carbocycles. The van der Waals surface area contributed by atoms with Crippen LogP contribution in [0.2, 0.25) is 10.0 Å². The Labute approximate surface area is 245 Å². The van der Waals surface area contributed by atoms with Crippen LogP contribution >= 0.6 is 23.2 Å². The average molecular weight is 607 g/mol. The van der Waals surface area contributed by atoms with Gasteiger partial charge in [0.05, 0.1) is 12.0 Å². The number of halogens is 2. The van der Waals surface area contributed by atoms with Crippen LogP contribution in [0.1, 0.15) is 37.0 Å². The highest BCUT2D eigenvalue weighted by Crippen LogP contribution is 2.21. The van der Waals surface area contributed by atoms with E-state index >= 15 is 0 Å². The highest BCUT2D eigenvalue weighted by atomic mass is 35.5. The van der Waals surface area contributed by atoms with E-state index in [1.54, 1.807) is 63.4 Å². The third kappa shape index (κ3) is 8.69. The van der Waals surface area contributed by atoms with Crippen LogP contribution in [-0.2, 0) is 39.1 Å². The number of nitrogens with zero attached hydrogens (tertiary/aromatic N) is 1. The zero-order chi connectivity index (χ0) is 29.3. The lowest BCUT2D eigenvalue weighted by Gasteiger charge is -2.29. The number of amides is 2. The van der Waals surface area contributed by atoms with Crippen molar-refractivity contribution in [2.45, 2.75) is 50.7 Å². The maximum absolute atomic E-state index is 13.4. The summed E-state index contributed by atoms with van der Waals surface area (Å²) in [5.41, 5.74) is 2.36. The average Bonchev–Trinajstić information content (AvgIpc) is 2.94. The van der Waals surface area contributed by atoms with Crippen LogP contribution < -0.4 is 14.8 Å². The summed E-state index contributed by atoms with van der Waals surface area (Å²) < 4.78 is 32.1. The van der Waals surface area contributed by atoms with Crippen LogP contribution in [0, 0.1) is 0 Å². The van der Waals surface area contributed by atoms with E-state index in [0.29, 0.717) is 34.3 Å². The van der Waals surface area contributed by atoms with Gasteiger partial charge in [-0.2, -0.15) is 0 Å². The minimum absolute atomic E-state index is 0.135. The standard InChI is InChI=1S/C29H33Cl2N3O5S/c1-4-33-40(37,38)26-14-7-21(8-15-26)9-16-28(35)34(19-22-5-12-25(39-3)13-6-22)20(2)29(36)32-18-23-10-11-24(30)17-27(23)31/h5-8,10-15,17,20,33H,4,9,16,18-19H2,1-3H3,(H,32,36)/t20-/m0/s1. The van der Waals surface area contributed by atoms with Crippen molar-refractivity contribution in [3.63, 3.8) is 0 Å². The fourth-order valence-corrected chi connectivity index (χ4v) is 5.53. The molecule has 0 aliphatic heterocycles. The molecular weight excluding hydrogens is 573 g/mol. The number of sulfonamides is 1. The molecule has 0 saturated carbocycles. The summed E-state index contributed by atoms with van der Waals surface area (Å²) in [5, 5.41) is 3.80. The van der Waals surface area contributed by atoms with Gasteiger partial charge >= 0.3 is 0 Å². The molecule has 0 heterocycles. The number of rotatable bonds is 13. The van der Waals surface area contributed by atoms with Crippen molar-refractivity contribution in [1.82, 2.24) is 14.9 Å². The van der Waals surface area contributed by atoms with Gasteiger partial charge in [-0.1, -0.05) is 60.5 Å². The fourth-order valence-electron chi connectivity index (χ4n) is 4.01. The van der Waals surface area contributed by atoms with E-state index in [1.807, 2.05) is 12.1 Å². The predicted molar refractivity (Wildman–Crippen MR) is 157 cm³/mol. The second-order valence-corrected chi connectivity index (χ2v) is 11.8. The molecule has 0 fully saturated rings. The summed E-state index contributed by atoms with van der Waals surface area (Å²) in [6.07, 6.45) is 0.518. The number of methoxy groups -OCH3 is 1. The zero-order valence-corrected chi connectivity index (χ0v) is 24.9. The Morgan fingerprint density at radius 2 is 1.62 bits per heavy atom. The van der Waals surface area contributed by atoms with Crippen LogP contribution in [0.15, 0.2) is 71.6 Å². The smallest absolute Gasteiger partial charge is 0.242 e. The second-order valence-electron chi connectivity index (χ2n) is 9.14. The first-order valence-electron chi connectivity index (χ1n) is 12.8. The number of benzene rings is 3. The van der Waals surface area contributed by atoms with Crippen molar-refractivity contribution in [2.75, 3.05) is 13.7 Å². The highest BCUT2D eigenvalue weighted by molar-refractivity contribution is 7.89. The molecule has 3 rings (SSSR count). The predicted octanol–water partition coefficient (Wildman–Crippen LogP) is 4.97. The zero-order valence-electron chi connectivity index (χ0n) is 22.6. The lowest BCUT2D eigenvalue weighted by molar-refractivity contribution is -0.140. The van der Waals surface area contributed by atoms with Crippen molar-refractivity contribution in [3.8, 4) is 5.75 Å². The quantitative estimate of drug-likeness (QED) is 0.286. The normalized spacial score (nSPS) is 12.0. The Hall–Kier alpha value is -3.11. The van der Waals surface area contributed by atoms with Crippen molar-refractivity contribution in [3.05, 3.63) is 93.5 Å². The number of hydrogen-bond acceptors (Lipinski definition) is 5. The van der Waals surface area contributed by atoms with Crippen molar-refractivity contribution >= 4 is 45.0 Å². The number of hydrogen-bond donors (Lipinski definition) is 2. The van der Waals surface area contributed by atoms with E-state index in [2.05, 4.69) is 10.0 Å². The fraction of sp³-hybridized carbons (Fsp3) is 0.310. The van der Waals surface area contributed by atoms with Crippen LogP contribution in [0.5, 0.6) is 5.75 Å². The van der Waals surface area contributed by atoms with Crippen molar-refractivity contribution in [1.29, 1.82) is 0 Å². The van der Waals surface area contributed by atoms with Crippen LogP contribution in [-0.4, -0.2) is 44.8 Å². The van der Waals surface area contributed by atoms with E-state index in [4.69, 9.17) is 27.9 Å². The third-order valence-corrected chi connectivity index (χ3v) is 8.49. The second kappa shape index (κ2) is 14.5. The molecule has 2 amide bonds. The van der Waals surface area contributed by atoms with Gasteiger partial charge in [0.15, 0.2) is 0 Å². The lowest BCUT2D eigenvalue weighted by Crippen LogP contribution is -2.47. The Kier molecular flexibility index (Phi) is 11.4. The molecule has 0 aromatic heterocycles. The van der Waals surface area contributed by atoms with Crippen LogP contribution in [0.4, 0.5) is 0 Å². The number of carbonyl (C=O) groups excluding carboxylic acids is 2. The topological polar surface area (TPSA) is 105 Å². The molecule has 3 aromatic rings. The minimum atomic E-state index is -3.56. The van der Waals surface area contributed by atoms with Gasteiger partial charge in [-0.3, -0.25) is 9.59 Å². The first-order chi connectivity index (χ1) is 19.0. The number of ether oxygens (including phenoxy) is 1. The number of carbonyl (C=O) groups is 2. The summed E-state index contributed by atoms with van der Waals surface area (Å²) in [6.45, 7) is 4.09. The van der Waals surface area contributed by atoms with Gasteiger partial charge in [-0.15, -0.1) is 0 Å². The summed E-state index contributed by atoms with van der Waals surface area (Å²) >= 11 is 12.2. The number of nitrogens with one attached hydrogen (secondary N) is 2. The summed E-state index contributed by atoms with van der Waals surface area (Å²) in [4.78, 5) is 28.3. The number of aryl methyl sites for hydroxylation is 1. The van der Waals surface area contributed by atoms with Gasteiger partial charge in [0, 0.05) is 36.1 Å². The minimum Gasteiger partial charge on any atom is -0.497 e. The molecule has 0 bridgehead atoms. The molecule has 8 nitrogen and oxygen atoms in total. The van der Waals surface area contributed by atoms with Crippen LogP contribution in [0.3, 0.4) is 0 Å². The SMILES string of the molecule is CCNS(=O)(=O)c1ccc(CCC(=O)N(Cc2ccc(OC)cc2)[C@@H](C)C(=O)NCc2ccc(Cl)cc2Cl)cc1. The summed E-state index contributed by atoms with van der Waals surface area (Å²) in [6, 6.07) is 18.0. The molecule has 0 saturated heterocycles. The molecule has 0 spiro atoms. The van der Waals surface area contributed by atoms with E-state index < -0.39 is 16.1 Å². The molecule has 11 heteroatoms. The van der Waals surface area contributed by atoms with E-state index in [9.17, 15) is 18.0 Å². The molecule has 0 aliphatic rings. The van der Waals surface area contributed by atoms with E-state index in [-0.39, 0.29) is 36.2 Å². The maximum atomic E-state index is 13.4. The van der Waals surface area contributed by atoms with Gasteiger partial charge in [-0.05, 0) is 66.4 Å². The largest absolute Gasteiger partial charge is 0.497 e. The van der Waals surface area contributed by atoms with E-state index in [1.165, 1.54) is 17.0 Å². The lowest BCUT2D eigenvalue weighted by atomic mass is 10.1. The molecule has 1 atom stereocenters. The van der Waals surface area contributed by atoms with E-state index in [0.717, 1.165) is 11.1 Å². The van der Waals surface area contributed by atoms with Gasteiger partial charge in [0.1, 0.15) is 11.8 Å². The Balaban J connectivity index is 1.72. The van der Waals surface area contributed by atoms with Gasteiger partial charge in [0.2, 0.25) is 21.8 Å². The molecule has 40 heavy (non-hydrogen) atoms. The summed E-state index contributed by atoms with van der Waals surface area (Å²) in [7, 11) is -1.98. The first-order valence-corrected chi connectivity index (χ1v) is 15.0. The van der Waals surface area contributed by atoms with Gasteiger partial charge in [-0.25, -0.2) is 13.1 Å². The van der Waals surface area contributed by atoms with Gasteiger partial charge in [0.25, 0.3) is 0 Å². The molecular formula is C29H33Cl2N3O5S. The molecule has 3 aromatic carbocycles. The molecule has 2 N–H and O–H groups in total. The Bertz CT molecular complexity index is 1410. The molecule has 0 radical (unpaired) electrons. The highest BCUT2D eigenvalue weighted by Gasteiger charge is 2.26. The molecule has 0 unspecified atom stereocenters. The Morgan fingerprint density at radius 1 is 0.975 bits per heavy atom. The molecule has 214 valence electrons. The van der Waals surface area contributed by atoms with Crippen molar-refractivity contribution < 1.29 is 22.7 Å².